The number of allylic oxidation sites excluding steroid dienone is 1. The van der Waals surface area contributed by atoms with E-state index in [-0.39, 0.29) is 11.2 Å². The summed E-state index contributed by atoms with van der Waals surface area (Å²) in [6.07, 6.45) is 2.30. The Kier molecular flexibility index (Phi) is 4.20. The van der Waals surface area contributed by atoms with Crippen LogP contribution in [-0.4, -0.2) is 20.5 Å². The van der Waals surface area contributed by atoms with Crippen LogP contribution in [0.4, 0.5) is 11.4 Å². The molecular weight excluding hydrogens is 380 g/mol. The number of benzene rings is 1. The monoisotopic (exact) mass is 402 g/mol. The number of ketones is 1. The van der Waals surface area contributed by atoms with Crippen LogP contribution in [0.25, 0.3) is 0 Å². The molecule has 1 aliphatic heterocycles. The number of hydrogen-bond acceptors (Lipinski definition) is 5. The second kappa shape index (κ2) is 6.21. The first kappa shape index (κ1) is 18.3. The second-order valence-corrected chi connectivity index (χ2v) is 10.8. The van der Waals surface area contributed by atoms with E-state index in [9.17, 15) is 13.2 Å². The summed E-state index contributed by atoms with van der Waals surface area (Å²) in [6.45, 7) is 4.14. The van der Waals surface area contributed by atoms with E-state index in [1.165, 1.54) is 21.9 Å². The minimum Gasteiger partial charge on any atom is -0.357 e. The third-order valence-electron chi connectivity index (χ3n) is 5.02. The van der Waals surface area contributed by atoms with Gasteiger partial charge in [-0.1, -0.05) is 32.0 Å². The van der Waals surface area contributed by atoms with Gasteiger partial charge in [0.1, 0.15) is 6.04 Å². The van der Waals surface area contributed by atoms with E-state index in [0.29, 0.717) is 29.8 Å². The molecule has 1 aromatic heterocycles. The first-order valence-corrected chi connectivity index (χ1v) is 11.6. The standard InChI is InChI=1S/C20H22N2O3S2/c1-20(2)11-14-18(16(23)12-20)19(17-9-6-10-26-17)22(27(3,24)25)15-8-5-4-7-13(15)21-14/h4-10,19,21H,11-12H2,1-3H3. The van der Waals surface area contributed by atoms with E-state index in [1.807, 2.05) is 35.7 Å². The van der Waals surface area contributed by atoms with Gasteiger partial charge in [0.05, 0.1) is 17.6 Å². The van der Waals surface area contributed by atoms with Crippen LogP contribution in [0.5, 0.6) is 0 Å². The Hall–Kier alpha value is -2.12. The molecule has 0 saturated carbocycles. The van der Waals surface area contributed by atoms with Crippen LogP contribution in [0.2, 0.25) is 0 Å². The van der Waals surface area contributed by atoms with Gasteiger partial charge in [-0.2, -0.15) is 0 Å². The molecule has 0 amide bonds. The number of carbonyl (C=O) groups excluding carboxylic acids is 1. The lowest BCUT2D eigenvalue weighted by Crippen LogP contribution is -2.38. The molecule has 1 N–H and O–H groups in total. The zero-order valence-corrected chi connectivity index (χ0v) is 17.2. The van der Waals surface area contributed by atoms with Gasteiger partial charge in [0, 0.05) is 22.6 Å². The number of hydrogen-bond donors (Lipinski definition) is 1. The van der Waals surface area contributed by atoms with Gasteiger partial charge >= 0.3 is 0 Å². The van der Waals surface area contributed by atoms with Gasteiger partial charge in [0.15, 0.2) is 5.78 Å². The molecule has 142 valence electrons. The molecule has 2 heterocycles. The largest absolute Gasteiger partial charge is 0.357 e. The van der Waals surface area contributed by atoms with Crippen molar-refractivity contribution >= 4 is 38.5 Å². The third-order valence-corrected chi connectivity index (χ3v) is 7.07. The highest BCUT2D eigenvalue weighted by Crippen LogP contribution is 2.49. The maximum absolute atomic E-state index is 13.2. The molecule has 1 unspecified atom stereocenters. The molecule has 1 aromatic carbocycles. The van der Waals surface area contributed by atoms with E-state index >= 15 is 0 Å². The summed E-state index contributed by atoms with van der Waals surface area (Å²) >= 11 is 1.47. The summed E-state index contributed by atoms with van der Waals surface area (Å²) in [6, 6.07) is 10.5. The van der Waals surface area contributed by atoms with E-state index in [1.54, 1.807) is 6.07 Å². The lowest BCUT2D eigenvalue weighted by molar-refractivity contribution is -0.118. The molecule has 27 heavy (non-hydrogen) atoms. The number of anilines is 2. The number of sulfonamides is 1. The number of para-hydroxylation sites is 2. The molecule has 4 rings (SSSR count). The molecule has 5 nitrogen and oxygen atoms in total. The number of rotatable bonds is 2. The quantitative estimate of drug-likeness (QED) is 0.812. The van der Waals surface area contributed by atoms with E-state index in [2.05, 4.69) is 19.2 Å². The molecule has 1 atom stereocenters. The Morgan fingerprint density at radius 2 is 1.89 bits per heavy atom. The summed E-state index contributed by atoms with van der Waals surface area (Å²) in [7, 11) is -3.63. The van der Waals surface area contributed by atoms with E-state index in [4.69, 9.17) is 0 Å². The van der Waals surface area contributed by atoms with E-state index in [0.717, 1.165) is 10.6 Å². The zero-order valence-electron chi connectivity index (χ0n) is 15.5. The molecule has 0 saturated heterocycles. The number of Topliss-reactive ketones (excluding diaryl/α,β-unsaturated/α-hetero) is 1. The zero-order chi connectivity index (χ0) is 19.4. The van der Waals surface area contributed by atoms with Gasteiger partial charge in [0.25, 0.3) is 0 Å². The van der Waals surface area contributed by atoms with Crippen molar-refractivity contribution in [2.75, 3.05) is 15.9 Å². The summed E-state index contributed by atoms with van der Waals surface area (Å²) in [5.74, 6) is 0.00797. The van der Waals surface area contributed by atoms with Crippen LogP contribution in [0, 0.1) is 5.41 Å². The van der Waals surface area contributed by atoms with Gasteiger partial charge in [0.2, 0.25) is 10.0 Å². The van der Waals surface area contributed by atoms with Gasteiger partial charge in [-0.3, -0.25) is 9.10 Å². The topological polar surface area (TPSA) is 66.5 Å². The van der Waals surface area contributed by atoms with Crippen molar-refractivity contribution in [3.63, 3.8) is 0 Å². The molecule has 2 aliphatic rings. The summed E-state index contributed by atoms with van der Waals surface area (Å²) < 4.78 is 27.2. The van der Waals surface area contributed by atoms with Crippen LogP contribution in [0.15, 0.2) is 53.0 Å². The van der Waals surface area contributed by atoms with Crippen molar-refractivity contribution in [1.82, 2.24) is 0 Å². The Morgan fingerprint density at radius 3 is 2.56 bits per heavy atom. The number of nitrogens with one attached hydrogen (secondary N) is 1. The first-order valence-electron chi connectivity index (χ1n) is 8.82. The number of thiophene rings is 1. The van der Waals surface area contributed by atoms with Crippen LogP contribution in [0.1, 0.15) is 37.6 Å². The SMILES string of the molecule is CC1(C)CC(=O)C2=C(C1)Nc1ccccc1N(S(C)(=O)=O)C2c1cccs1. The fraction of sp³-hybridized carbons (Fsp3) is 0.350. The molecular formula is C20H22N2O3S2. The highest BCUT2D eigenvalue weighted by Gasteiger charge is 2.44. The highest BCUT2D eigenvalue weighted by atomic mass is 32.2. The Balaban J connectivity index is 2.05. The molecule has 7 heteroatoms. The fourth-order valence-corrected chi connectivity index (χ4v) is 6.04. The maximum atomic E-state index is 13.2. The molecule has 1 aliphatic carbocycles. The molecule has 2 aromatic rings. The summed E-state index contributed by atoms with van der Waals surface area (Å²) in [4.78, 5) is 14.1. The highest BCUT2D eigenvalue weighted by molar-refractivity contribution is 7.92. The number of fused-ring (bicyclic) bond motifs is 1. The average molecular weight is 403 g/mol. The second-order valence-electron chi connectivity index (χ2n) is 7.95. The Morgan fingerprint density at radius 1 is 1.15 bits per heavy atom. The van der Waals surface area contributed by atoms with Crippen molar-refractivity contribution in [2.45, 2.75) is 32.7 Å². The average Bonchev–Trinajstić information content (AvgIpc) is 3.01. The summed E-state index contributed by atoms with van der Waals surface area (Å²) in [5, 5.41) is 5.31. The smallest absolute Gasteiger partial charge is 0.233 e. The van der Waals surface area contributed by atoms with Crippen molar-refractivity contribution in [2.24, 2.45) is 5.41 Å². The Labute approximate surface area is 163 Å². The molecule has 0 bridgehead atoms. The van der Waals surface area contributed by atoms with Crippen LogP contribution in [-0.2, 0) is 14.8 Å². The Bertz CT molecular complexity index is 1040. The summed E-state index contributed by atoms with van der Waals surface area (Å²) in [5.41, 5.74) is 2.50. The van der Waals surface area contributed by atoms with Gasteiger partial charge in [-0.25, -0.2) is 8.42 Å². The van der Waals surface area contributed by atoms with Crippen molar-refractivity contribution in [3.8, 4) is 0 Å². The molecule has 0 fully saturated rings. The predicted octanol–water partition coefficient (Wildman–Crippen LogP) is 4.32. The third kappa shape index (κ3) is 3.19. The van der Waals surface area contributed by atoms with Crippen molar-refractivity contribution in [1.29, 1.82) is 0 Å². The maximum Gasteiger partial charge on any atom is 0.233 e. The normalized spacial score (nSPS) is 22.0. The lowest BCUT2D eigenvalue weighted by atomic mass is 9.74. The van der Waals surface area contributed by atoms with Gasteiger partial charge in [-0.15, -0.1) is 11.3 Å². The lowest BCUT2D eigenvalue weighted by Gasteiger charge is -2.36. The van der Waals surface area contributed by atoms with Gasteiger partial charge in [-0.05, 0) is 35.4 Å². The minimum absolute atomic E-state index is 0.00797. The van der Waals surface area contributed by atoms with Crippen molar-refractivity contribution in [3.05, 3.63) is 57.9 Å². The molecule has 0 spiro atoms. The number of nitrogens with zero attached hydrogens (tertiary/aromatic N) is 1. The predicted molar refractivity (Wildman–Crippen MR) is 109 cm³/mol. The minimum atomic E-state index is -3.63. The van der Waals surface area contributed by atoms with Crippen LogP contribution < -0.4 is 9.62 Å². The molecule has 0 radical (unpaired) electrons. The van der Waals surface area contributed by atoms with Gasteiger partial charge < -0.3 is 5.32 Å². The first-order chi connectivity index (χ1) is 12.7. The van der Waals surface area contributed by atoms with Crippen molar-refractivity contribution < 1.29 is 13.2 Å². The van der Waals surface area contributed by atoms with E-state index < -0.39 is 16.1 Å². The van der Waals surface area contributed by atoms with Crippen LogP contribution in [0.3, 0.4) is 0 Å². The van der Waals surface area contributed by atoms with Crippen LogP contribution >= 0.6 is 11.3 Å². The fourth-order valence-electron chi connectivity index (χ4n) is 4.03. The number of carbonyl (C=O) groups is 1.